The summed E-state index contributed by atoms with van der Waals surface area (Å²) in [6.07, 6.45) is 0.828. The van der Waals surface area contributed by atoms with Crippen LogP contribution in [-0.2, 0) is 10.1 Å². The van der Waals surface area contributed by atoms with Crippen molar-refractivity contribution in [2.45, 2.75) is 31.1 Å². The zero-order valence-corrected chi connectivity index (χ0v) is 13.6. The van der Waals surface area contributed by atoms with Crippen LogP contribution in [0.15, 0.2) is 29.2 Å². The predicted molar refractivity (Wildman–Crippen MR) is 80.2 cm³/mol. The minimum Gasteiger partial charge on any atom is -0.282 e. The molecule has 0 aliphatic carbocycles. The Balaban J connectivity index is 2.69. The van der Waals surface area contributed by atoms with Gasteiger partial charge >= 0.3 is 10.1 Å². The van der Waals surface area contributed by atoms with Gasteiger partial charge in [0, 0.05) is 0 Å². The first-order valence-corrected chi connectivity index (χ1v) is 8.47. The molecule has 2 rings (SSSR count). The van der Waals surface area contributed by atoms with Crippen LogP contribution in [0.2, 0.25) is 0 Å². The van der Waals surface area contributed by atoms with Crippen LogP contribution in [-0.4, -0.2) is 13.0 Å². The summed E-state index contributed by atoms with van der Waals surface area (Å²) in [6.45, 7) is 3.90. The average molecular weight is 362 g/mol. The van der Waals surface area contributed by atoms with Crippen LogP contribution in [0.1, 0.15) is 31.7 Å². The molecule has 0 saturated heterocycles. The van der Waals surface area contributed by atoms with Crippen LogP contribution in [0.5, 0.6) is 0 Å². The number of rotatable bonds is 4. The lowest BCUT2D eigenvalue weighted by molar-refractivity contribution is 0.406. The predicted octanol–water partition coefficient (Wildman–Crippen LogP) is 4.67. The lowest BCUT2D eigenvalue weighted by Gasteiger charge is -2.13. The van der Waals surface area contributed by atoms with E-state index in [9.17, 15) is 26.0 Å². The van der Waals surface area contributed by atoms with Crippen LogP contribution < -0.4 is 0 Å². The van der Waals surface area contributed by atoms with E-state index in [0.717, 1.165) is 12.0 Å². The highest BCUT2D eigenvalue weighted by Crippen LogP contribution is 2.34. The largest absolute Gasteiger partial charge is 0.300 e. The van der Waals surface area contributed by atoms with Crippen molar-refractivity contribution in [1.29, 1.82) is 0 Å². The van der Waals surface area contributed by atoms with Gasteiger partial charge in [-0.25, -0.2) is 17.6 Å². The molecule has 0 amide bonds. The average Bonchev–Trinajstić information content (AvgIpc) is 2.52. The monoisotopic (exact) mass is 362 g/mol. The van der Waals surface area contributed by atoms with Crippen LogP contribution in [0.25, 0.3) is 11.1 Å². The molecule has 0 heterocycles. The van der Waals surface area contributed by atoms with E-state index in [0.29, 0.717) is 0 Å². The smallest absolute Gasteiger partial charge is 0.282 e. The number of hydrogen-bond donors (Lipinski definition) is 1. The molecule has 0 radical (unpaired) electrons. The van der Waals surface area contributed by atoms with Crippen LogP contribution in [0, 0.1) is 23.3 Å². The van der Waals surface area contributed by atoms with Gasteiger partial charge in [0.2, 0.25) is 0 Å². The Kier molecular flexibility index (Phi) is 5.00. The molecule has 0 fully saturated rings. The standard InChI is InChI=1S/C16H14F4O3S/c1-3-8(2)9-4-6-10(7-5-9)11-12(17)14(19)16(24(21,22)23)15(20)13(11)18/h4-8H,3H2,1-2H3,(H,21,22,23). The molecule has 1 atom stereocenters. The SMILES string of the molecule is CCC(C)c1ccc(-c2c(F)c(F)c(S(=O)(=O)O)c(F)c2F)cc1. The third-order valence-corrected chi connectivity index (χ3v) is 4.74. The Bertz CT molecular complexity index is 848. The summed E-state index contributed by atoms with van der Waals surface area (Å²) < 4.78 is 86.4. The van der Waals surface area contributed by atoms with E-state index in [1.165, 1.54) is 12.1 Å². The van der Waals surface area contributed by atoms with Crippen molar-refractivity contribution in [1.82, 2.24) is 0 Å². The molecule has 1 unspecified atom stereocenters. The third kappa shape index (κ3) is 3.16. The quantitative estimate of drug-likeness (QED) is 0.489. The molecule has 0 aromatic heterocycles. The van der Waals surface area contributed by atoms with Gasteiger partial charge in [-0.3, -0.25) is 4.55 Å². The second-order valence-corrected chi connectivity index (χ2v) is 6.72. The van der Waals surface area contributed by atoms with Gasteiger partial charge in [0.1, 0.15) is 0 Å². The van der Waals surface area contributed by atoms with Gasteiger partial charge in [-0.05, 0) is 23.5 Å². The first kappa shape index (κ1) is 18.4. The van der Waals surface area contributed by atoms with Crippen molar-refractivity contribution < 1.29 is 30.5 Å². The van der Waals surface area contributed by atoms with Gasteiger partial charge in [0.15, 0.2) is 28.2 Å². The lowest BCUT2D eigenvalue weighted by atomic mass is 9.95. The van der Waals surface area contributed by atoms with Crippen LogP contribution in [0.3, 0.4) is 0 Å². The zero-order valence-electron chi connectivity index (χ0n) is 12.8. The summed E-state index contributed by atoms with van der Waals surface area (Å²) in [5, 5.41) is 0. The van der Waals surface area contributed by atoms with E-state index in [1.807, 2.05) is 13.8 Å². The summed E-state index contributed by atoms with van der Waals surface area (Å²) in [6, 6.07) is 5.70. The third-order valence-electron chi connectivity index (χ3n) is 3.86. The zero-order chi connectivity index (χ0) is 18.2. The molecule has 24 heavy (non-hydrogen) atoms. The molecule has 0 aliphatic rings. The Morgan fingerprint density at radius 3 is 1.79 bits per heavy atom. The van der Waals surface area contributed by atoms with Gasteiger partial charge in [-0.2, -0.15) is 8.42 Å². The van der Waals surface area contributed by atoms with Gasteiger partial charge in [-0.1, -0.05) is 38.1 Å². The second kappa shape index (κ2) is 6.52. The maximum atomic E-state index is 14.1. The summed E-state index contributed by atoms with van der Waals surface area (Å²) in [7, 11) is -5.46. The molecule has 2 aromatic rings. The first-order valence-electron chi connectivity index (χ1n) is 7.03. The van der Waals surface area contributed by atoms with E-state index < -0.39 is 43.8 Å². The molecular formula is C16H14F4O3S. The molecule has 0 spiro atoms. The van der Waals surface area contributed by atoms with Crippen molar-refractivity contribution >= 4 is 10.1 Å². The van der Waals surface area contributed by atoms with Crippen molar-refractivity contribution in [2.24, 2.45) is 0 Å². The summed E-state index contributed by atoms with van der Waals surface area (Å²) in [5.41, 5.74) is -0.317. The molecule has 0 bridgehead atoms. The van der Waals surface area contributed by atoms with Gasteiger partial charge in [-0.15, -0.1) is 0 Å². The molecule has 2 aromatic carbocycles. The van der Waals surface area contributed by atoms with E-state index >= 15 is 0 Å². The molecule has 1 N–H and O–H groups in total. The number of benzene rings is 2. The summed E-state index contributed by atoms with van der Waals surface area (Å²) in [5.74, 6) is -7.94. The highest BCUT2D eigenvalue weighted by molar-refractivity contribution is 7.85. The number of halogens is 4. The topological polar surface area (TPSA) is 54.4 Å². The maximum absolute atomic E-state index is 14.1. The van der Waals surface area contributed by atoms with Crippen molar-refractivity contribution in [3.05, 3.63) is 53.1 Å². The molecule has 3 nitrogen and oxygen atoms in total. The highest BCUT2D eigenvalue weighted by atomic mass is 32.2. The van der Waals surface area contributed by atoms with Crippen molar-refractivity contribution in [3.8, 4) is 11.1 Å². The normalized spacial score (nSPS) is 13.1. The fourth-order valence-corrected chi connectivity index (χ4v) is 2.94. The minimum absolute atomic E-state index is 0.156. The molecule has 130 valence electrons. The van der Waals surface area contributed by atoms with E-state index in [2.05, 4.69) is 0 Å². The Morgan fingerprint density at radius 1 is 0.958 bits per heavy atom. The van der Waals surface area contributed by atoms with Crippen LogP contribution >= 0.6 is 0 Å². The Labute approximate surface area is 136 Å². The van der Waals surface area contributed by atoms with E-state index in [-0.39, 0.29) is 11.5 Å². The second-order valence-electron chi connectivity index (χ2n) is 5.37. The maximum Gasteiger partial charge on any atom is 0.300 e. The Morgan fingerprint density at radius 2 is 1.42 bits per heavy atom. The van der Waals surface area contributed by atoms with E-state index in [1.54, 1.807) is 12.1 Å². The first-order chi connectivity index (χ1) is 11.1. The van der Waals surface area contributed by atoms with Crippen molar-refractivity contribution in [2.75, 3.05) is 0 Å². The molecule has 8 heteroatoms. The van der Waals surface area contributed by atoms with Gasteiger partial charge < -0.3 is 0 Å². The number of hydrogen-bond acceptors (Lipinski definition) is 2. The lowest BCUT2D eigenvalue weighted by Crippen LogP contribution is -2.11. The summed E-state index contributed by atoms with van der Waals surface area (Å²) in [4.78, 5) is -2.04. The Hall–Kier alpha value is -1.93. The molecule has 0 aliphatic heterocycles. The minimum atomic E-state index is -5.46. The molecule has 0 saturated carbocycles. The van der Waals surface area contributed by atoms with E-state index in [4.69, 9.17) is 4.55 Å². The fourth-order valence-electron chi connectivity index (χ4n) is 2.31. The van der Waals surface area contributed by atoms with Gasteiger partial charge in [0.05, 0.1) is 5.56 Å². The molecular weight excluding hydrogens is 348 g/mol. The fraction of sp³-hybridized carbons (Fsp3) is 0.250. The van der Waals surface area contributed by atoms with Gasteiger partial charge in [0.25, 0.3) is 0 Å². The highest BCUT2D eigenvalue weighted by Gasteiger charge is 2.32. The summed E-state index contributed by atoms with van der Waals surface area (Å²) >= 11 is 0. The van der Waals surface area contributed by atoms with Crippen LogP contribution in [0.4, 0.5) is 17.6 Å². The van der Waals surface area contributed by atoms with Crippen molar-refractivity contribution in [3.63, 3.8) is 0 Å².